The fourth-order valence-corrected chi connectivity index (χ4v) is 3.01. The molecule has 0 saturated carbocycles. The van der Waals surface area contributed by atoms with Crippen molar-refractivity contribution in [1.82, 2.24) is 0 Å². The minimum atomic E-state index is -0.243. The van der Waals surface area contributed by atoms with Crippen molar-refractivity contribution in [2.45, 2.75) is 33.4 Å². The lowest BCUT2D eigenvalue weighted by Crippen LogP contribution is -2.04. The molecule has 0 amide bonds. The minimum absolute atomic E-state index is 0.235. The summed E-state index contributed by atoms with van der Waals surface area (Å²) in [4.78, 5) is 2.31. The topological polar surface area (TPSA) is 36.9 Å². The van der Waals surface area contributed by atoms with Crippen LogP contribution in [0.3, 0.4) is 0 Å². The van der Waals surface area contributed by atoms with Crippen LogP contribution in [0.5, 0.6) is 0 Å². The molecule has 0 spiro atoms. The van der Waals surface area contributed by atoms with Crippen LogP contribution in [0, 0.1) is 6.92 Å². The maximum atomic E-state index is 5.53. The largest absolute Gasteiger partial charge is 0.346 e. The first-order valence-corrected chi connectivity index (χ1v) is 7.23. The molecule has 18 heavy (non-hydrogen) atoms. The molecule has 3 heterocycles. The van der Waals surface area contributed by atoms with Crippen molar-refractivity contribution in [2.75, 3.05) is 26.4 Å². The number of rotatable bonds is 2. The van der Waals surface area contributed by atoms with Gasteiger partial charge in [0.25, 0.3) is 0 Å². The summed E-state index contributed by atoms with van der Waals surface area (Å²) < 4.78 is 22.1. The van der Waals surface area contributed by atoms with Gasteiger partial charge in [-0.15, -0.1) is 11.3 Å². The van der Waals surface area contributed by atoms with Crippen molar-refractivity contribution >= 4 is 11.3 Å². The Hall–Kier alpha value is -0.460. The van der Waals surface area contributed by atoms with Crippen molar-refractivity contribution in [3.63, 3.8) is 0 Å². The molecular weight excluding hydrogens is 252 g/mol. The minimum Gasteiger partial charge on any atom is -0.346 e. The first-order chi connectivity index (χ1) is 8.84. The van der Waals surface area contributed by atoms with Gasteiger partial charge in [-0.25, -0.2) is 0 Å². The molecule has 2 fully saturated rings. The summed E-state index contributed by atoms with van der Waals surface area (Å²) in [6, 6.07) is 2.10. The Balaban J connectivity index is 0.000000574. The monoisotopic (exact) mass is 272 g/mol. The van der Waals surface area contributed by atoms with E-state index < -0.39 is 0 Å². The van der Waals surface area contributed by atoms with E-state index in [1.807, 2.05) is 13.8 Å². The molecule has 0 bridgehead atoms. The lowest BCUT2D eigenvalue weighted by Gasteiger charge is -2.13. The molecule has 1 aromatic heterocycles. The summed E-state index contributed by atoms with van der Waals surface area (Å²) in [6.45, 7) is 8.71. The van der Waals surface area contributed by atoms with Gasteiger partial charge in [0, 0.05) is 10.4 Å². The fraction of sp³-hybridized carbons (Fsp3) is 0.692. The third-order valence-corrected chi connectivity index (χ3v) is 3.71. The van der Waals surface area contributed by atoms with Gasteiger partial charge in [0.1, 0.15) is 0 Å². The molecule has 2 saturated heterocycles. The number of ether oxygens (including phenoxy) is 4. The quantitative estimate of drug-likeness (QED) is 0.828. The van der Waals surface area contributed by atoms with Crippen molar-refractivity contribution in [3.05, 3.63) is 21.4 Å². The maximum Gasteiger partial charge on any atom is 0.193 e. The lowest BCUT2D eigenvalue weighted by molar-refractivity contribution is -0.0613. The zero-order chi connectivity index (χ0) is 13.0. The average molecular weight is 272 g/mol. The lowest BCUT2D eigenvalue weighted by atomic mass is 10.2. The first-order valence-electron chi connectivity index (χ1n) is 6.41. The second-order valence-corrected chi connectivity index (χ2v) is 5.11. The summed E-state index contributed by atoms with van der Waals surface area (Å²) in [5.41, 5.74) is 1.06. The Morgan fingerprint density at radius 3 is 2.00 bits per heavy atom. The van der Waals surface area contributed by atoms with Crippen LogP contribution in [0.2, 0.25) is 0 Å². The van der Waals surface area contributed by atoms with E-state index in [2.05, 4.69) is 13.0 Å². The van der Waals surface area contributed by atoms with Gasteiger partial charge < -0.3 is 18.9 Å². The zero-order valence-electron chi connectivity index (χ0n) is 11.1. The van der Waals surface area contributed by atoms with E-state index in [9.17, 15) is 0 Å². The van der Waals surface area contributed by atoms with E-state index in [-0.39, 0.29) is 12.6 Å². The SMILES string of the molecule is CC.Cc1cc(C2OCCO2)c(C2OCCO2)s1. The van der Waals surface area contributed by atoms with Crippen LogP contribution < -0.4 is 0 Å². The molecule has 0 unspecified atom stereocenters. The van der Waals surface area contributed by atoms with Gasteiger partial charge in [-0.2, -0.15) is 0 Å². The van der Waals surface area contributed by atoms with Crippen LogP contribution in [-0.2, 0) is 18.9 Å². The molecule has 5 heteroatoms. The predicted molar refractivity (Wildman–Crippen MR) is 69.7 cm³/mol. The van der Waals surface area contributed by atoms with Gasteiger partial charge in [0.15, 0.2) is 12.6 Å². The van der Waals surface area contributed by atoms with Gasteiger partial charge in [0.05, 0.1) is 31.3 Å². The van der Waals surface area contributed by atoms with Crippen LogP contribution in [0.4, 0.5) is 0 Å². The highest BCUT2D eigenvalue weighted by atomic mass is 32.1. The second-order valence-electron chi connectivity index (χ2n) is 3.82. The fourth-order valence-electron chi connectivity index (χ4n) is 1.97. The zero-order valence-corrected chi connectivity index (χ0v) is 11.9. The second kappa shape index (κ2) is 6.63. The van der Waals surface area contributed by atoms with E-state index in [4.69, 9.17) is 18.9 Å². The summed E-state index contributed by atoms with van der Waals surface area (Å²) in [6.07, 6.45) is -0.478. The Morgan fingerprint density at radius 1 is 0.944 bits per heavy atom. The van der Waals surface area contributed by atoms with Crippen molar-refractivity contribution in [2.24, 2.45) is 0 Å². The van der Waals surface area contributed by atoms with Crippen LogP contribution in [-0.4, -0.2) is 26.4 Å². The van der Waals surface area contributed by atoms with Gasteiger partial charge in [0.2, 0.25) is 0 Å². The molecule has 0 atom stereocenters. The number of hydrogen-bond donors (Lipinski definition) is 0. The Morgan fingerprint density at radius 2 is 1.44 bits per heavy atom. The van der Waals surface area contributed by atoms with Gasteiger partial charge >= 0.3 is 0 Å². The normalized spacial score (nSPS) is 21.1. The molecule has 0 aromatic carbocycles. The van der Waals surface area contributed by atoms with E-state index >= 15 is 0 Å². The standard InChI is InChI=1S/C11H14O4S.C2H6/c1-7-6-8(10-12-2-3-13-10)9(16-7)11-14-4-5-15-11;1-2/h6,10-11H,2-5H2,1H3;1-2H3. The summed E-state index contributed by atoms with van der Waals surface area (Å²) in [7, 11) is 0. The number of aryl methyl sites for hydroxylation is 1. The Kier molecular flexibility index (Phi) is 5.14. The van der Waals surface area contributed by atoms with Gasteiger partial charge in [-0.3, -0.25) is 0 Å². The molecule has 4 nitrogen and oxygen atoms in total. The highest BCUT2D eigenvalue weighted by Crippen LogP contribution is 2.38. The molecule has 3 rings (SSSR count). The third-order valence-electron chi connectivity index (χ3n) is 2.63. The van der Waals surface area contributed by atoms with E-state index in [0.29, 0.717) is 26.4 Å². The van der Waals surface area contributed by atoms with Crippen LogP contribution in [0.25, 0.3) is 0 Å². The molecule has 2 aliphatic rings. The summed E-state index contributed by atoms with van der Waals surface area (Å²) >= 11 is 1.69. The van der Waals surface area contributed by atoms with Crippen molar-refractivity contribution in [1.29, 1.82) is 0 Å². The molecule has 1 aromatic rings. The van der Waals surface area contributed by atoms with Crippen molar-refractivity contribution in [3.8, 4) is 0 Å². The Bertz CT molecular complexity index is 332. The third kappa shape index (κ3) is 2.92. The summed E-state index contributed by atoms with van der Waals surface area (Å²) in [5, 5.41) is 0. The molecule has 0 radical (unpaired) electrons. The molecule has 0 aliphatic carbocycles. The predicted octanol–water partition coefficient (Wildman–Crippen LogP) is 3.17. The smallest absolute Gasteiger partial charge is 0.193 e. The van der Waals surface area contributed by atoms with Gasteiger partial charge in [-0.1, -0.05) is 13.8 Å². The molecule has 102 valence electrons. The van der Waals surface area contributed by atoms with Crippen LogP contribution >= 0.6 is 11.3 Å². The average Bonchev–Trinajstić information content (AvgIpc) is 3.12. The number of hydrogen-bond acceptors (Lipinski definition) is 5. The van der Waals surface area contributed by atoms with E-state index in [1.54, 1.807) is 11.3 Å². The summed E-state index contributed by atoms with van der Waals surface area (Å²) in [5.74, 6) is 0. The highest BCUT2D eigenvalue weighted by Gasteiger charge is 2.29. The number of thiophene rings is 1. The van der Waals surface area contributed by atoms with E-state index in [0.717, 1.165) is 10.4 Å². The highest BCUT2D eigenvalue weighted by molar-refractivity contribution is 7.12. The Labute approximate surface area is 112 Å². The van der Waals surface area contributed by atoms with Crippen molar-refractivity contribution < 1.29 is 18.9 Å². The first kappa shape index (κ1) is 14.0. The van der Waals surface area contributed by atoms with Gasteiger partial charge in [-0.05, 0) is 13.0 Å². The van der Waals surface area contributed by atoms with Crippen LogP contribution in [0.1, 0.15) is 41.7 Å². The molecular formula is C13H20O4S. The molecule has 2 aliphatic heterocycles. The van der Waals surface area contributed by atoms with E-state index in [1.165, 1.54) is 4.88 Å². The maximum absolute atomic E-state index is 5.53. The molecule has 0 N–H and O–H groups in total. The van der Waals surface area contributed by atoms with Crippen LogP contribution in [0.15, 0.2) is 6.07 Å².